The van der Waals surface area contributed by atoms with Gasteiger partial charge < -0.3 is 146 Å². The van der Waals surface area contributed by atoms with Gasteiger partial charge in [-0.1, -0.05) is 0 Å². The van der Waals surface area contributed by atoms with Crippen LogP contribution in [0.2, 0.25) is 0 Å². The minimum atomic E-state index is -0.785. The van der Waals surface area contributed by atoms with Crippen molar-refractivity contribution in [3.05, 3.63) is 0 Å². The van der Waals surface area contributed by atoms with Crippen molar-refractivity contribution in [3.8, 4) is 0 Å². The lowest BCUT2D eigenvalue weighted by Crippen LogP contribution is -2.44. The monoisotopic (exact) mass is 1950 g/mol. The molecule has 0 aliphatic rings. The zero-order valence-electron chi connectivity index (χ0n) is 77.0. The second-order valence-electron chi connectivity index (χ2n) is 27.2. The standard InChI is InChI=1S/3C20H30N4O10.2C10H16N2O5/c3*1-33-19(31)12-23(7-8-25)17(29)6-4-15(27)10-22-16(28)11-24(13-20(32)34-2)18(30)5-3-14(26)9-21;2*1-17-10(16)7-12(4-5-13)9(15)3-2-8(14)6-11/h3*8H,3-7,9-13,21H2,1-2H3,(H,22,28);2*5H,2-4,6-7,11H2,1H3. The predicted octanol–water partition coefficient (Wildman–Crippen LogP) is -12.1. The third-order valence-corrected chi connectivity index (χ3v) is 17.2. The largest absolute Gasteiger partial charge is 0.468 e. The Hall–Kier alpha value is -14.6. The highest BCUT2D eigenvalue weighted by atomic mass is 16.6. The molecule has 0 saturated carbocycles. The average molecular weight is 1950 g/mol. The summed E-state index contributed by atoms with van der Waals surface area (Å²) in [5.41, 5.74) is 25.7. The average Bonchev–Trinajstić information content (AvgIpc) is 0.904. The van der Waals surface area contributed by atoms with Crippen LogP contribution in [0.15, 0.2) is 0 Å². The number of ether oxygens (including phenoxy) is 8. The van der Waals surface area contributed by atoms with Gasteiger partial charge in [0, 0.05) is 103 Å². The van der Waals surface area contributed by atoms with Gasteiger partial charge in [-0.2, -0.15) is 0 Å². The molecule has 0 aromatic rings. The lowest BCUT2D eigenvalue weighted by atomic mass is 10.2. The second kappa shape index (κ2) is 80.1. The number of nitrogens with one attached hydrogen (secondary N) is 3. The van der Waals surface area contributed by atoms with Crippen LogP contribution in [-0.2, 0) is 191 Å². The lowest BCUT2D eigenvalue weighted by Gasteiger charge is -2.21. The number of amides is 11. The number of hydrogen-bond donors (Lipinski definition) is 8. The van der Waals surface area contributed by atoms with Gasteiger partial charge in [-0.25, -0.2) is 0 Å². The van der Waals surface area contributed by atoms with Gasteiger partial charge in [0.2, 0.25) is 65.0 Å². The summed E-state index contributed by atoms with van der Waals surface area (Å²) in [5.74, 6) is -16.0. The second-order valence-corrected chi connectivity index (χ2v) is 27.2. The van der Waals surface area contributed by atoms with E-state index in [9.17, 15) is 153 Å². The fourth-order valence-corrected chi connectivity index (χ4v) is 9.47. The van der Waals surface area contributed by atoms with Crippen molar-refractivity contribution in [3.63, 3.8) is 0 Å². The molecule has 0 spiro atoms. The van der Waals surface area contributed by atoms with Crippen molar-refractivity contribution in [2.24, 2.45) is 28.7 Å². The predicted molar refractivity (Wildman–Crippen MR) is 457 cm³/mol. The van der Waals surface area contributed by atoms with Crippen LogP contribution in [0.5, 0.6) is 0 Å². The molecule has 0 unspecified atom stereocenters. The minimum absolute atomic E-state index is 0.00582. The Bertz CT molecular complexity index is 3720. The molecule has 13 N–H and O–H groups in total. The molecule has 0 aromatic carbocycles. The molecule has 11 amide bonds. The summed E-state index contributed by atoms with van der Waals surface area (Å²) in [6, 6.07) is 0. The highest BCUT2D eigenvalue weighted by Crippen LogP contribution is 2.09. The SMILES string of the molecule is COC(=O)CN(CC=O)C(=O)CCC(=O)CN.COC(=O)CN(CC=O)C(=O)CCC(=O)CN.COC(=O)CN(CC=O)C(=O)CCC(=O)CNC(=O)CN(CC(=O)OC)C(=O)CCC(=O)CN.COC(=O)CN(CC=O)C(=O)CCC(=O)CNC(=O)CN(CC(=O)OC)C(=O)CCC(=O)CN.COC(=O)CN(CC=O)C(=O)CCC(=O)CNC(=O)CN(CC(=O)OC)C(=O)CCC(=O)CN. The molecular formula is C80H122N16O40. The first kappa shape index (κ1) is 130. The summed E-state index contributed by atoms with van der Waals surface area (Å²) >= 11 is 0. The molecule has 0 saturated heterocycles. The maximum atomic E-state index is 12.3. The maximum absolute atomic E-state index is 12.3. The Morgan fingerprint density at radius 2 is 0.316 bits per heavy atom. The molecule has 762 valence electrons. The van der Waals surface area contributed by atoms with E-state index in [0.717, 1.165) is 81.9 Å². The normalized spacial score (nSPS) is 9.86. The van der Waals surface area contributed by atoms with Crippen LogP contribution in [0, 0.1) is 0 Å². The van der Waals surface area contributed by atoms with Gasteiger partial charge in [0.1, 0.15) is 132 Å². The van der Waals surface area contributed by atoms with Gasteiger partial charge in [-0.15, -0.1) is 0 Å². The summed E-state index contributed by atoms with van der Waals surface area (Å²) in [5, 5.41) is 6.83. The number of nitrogens with zero attached hydrogens (tertiary/aromatic N) is 8. The van der Waals surface area contributed by atoms with E-state index in [-0.39, 0.29) is 210 Å². The maximum Gasteiger partial charge on any atom is 0.325 e. The van der Waals surface area contributed by atoms with E-state index in [4.69, 9.17) is 28.7 Å². The Balaban J connectivity index is -0.000000541. The van der Waals surface area contributed by atoms with Crippen molar-refractivity contribution in [2.75, 3.05) is 214 Å². The van der Waals surface area contributed by atoms with E-state index in [1.165, 1.54) is 14.2 Å². The molecule has 0 aliphatic carbocycles. The van der Waals surface area contributed by atoms with Crippen molar-refractivity contribution in [1.82, 2.24) is 55.1 Å². The van der Waals surface area contributed by atoms with Crippen LogP contribution in [0.4, 0.5) is 0 Å². The zero-order chi connectivity index (χ0) is 105. The number of Topliss-reactive ketones (excluding diaryl/α,β-unsaturated/α-hetero) is 8. The molecule has 0 bridgehead atoms. The van der Waals surface area contributed by atoms with E-state index in [1.807, 2.05) is 0 Å². The van der Waals surface area contributed by atoms with Crippen molar-refractivity contribution in [1.29, 1.82) is 0 Å². The number of esters is 8. The zero-order valence-corrected chi connectivity index (χ0v) is 77.0. The summed E-state index contributed by atoms with van der Waals surface area (Å²) in [6.07, 6.45) is -0.817. The van der Waals surface area contributed by atoms with Crippen LogP contribution in [0.3, 0.4) is 0 Å². The van der Waals surface area contributed by atoms with E-state index >= 15 is 0 Å². The molecule has 136 heavy (non-hydrogen) atoms. The molecule has 0 atom stereocenters. The summed E-state index contributed by atoms with van der Waals surface area (Å²) in [7, 11) is 9.04. The first-order chi connectivity index (χ1) is 64.3. The molecule has 0 heterocycles. The minimum Gasteiger partial charge on any atom is -0.468 e. The fourth-order valence-electron chi connectivity index (χ4n) is 9.47. The molecule has 56 heteroatoms. The van der Waals surface area contributed by atoms with E-state index in [0.29, 0.717) is 31.4 Å². The number of aldehydes is 5. The van der Waals surface area contributed by atoms with Gasteiger partial charge in [-0.05, 0) is 0 Å². The third-order valence-electron chi connectivity index (χ3n) is 17.2. The van der Waals surface area contributed by atoms with Crippen LogP contribution in [0.25, 0.3) is 0 Å². The van der Waals surface area contributed by atoms with Gasteiger partial charge in [0.25, 0.3) is 0 Å². The first-order valence-corrected chi connectivity index (χ1v) is 40.7. The van der Waals surface area contributed by atoms with Crippen molar-refractivity contribution < 1.29 is 191 Å². The Morgan fingerprint density at radius 3 is 0.441 bits per heavy atom. The lowest BCUT2D eigenvalue weighted by molar-refractivity contribution is -0.148. The van der Waals surface area contributed by atoms with E-state index in [2.05, 4.69) is 53.8 Å². The van der Waals surface area contributed by atoms with Crippen molar-refractivity contribution in [2.45, 2.75) is 103 Å². The van der Waals surface area contributed by atoms with Crippen molar-refractivity contribution >= 4 is 190 Å². The van der Waals surface area contributed by atoms with Crippen LogP contribution in [-0.4, -0.2) is 444 Å². The Kier molecular flexibility index (Phi) is 76.5. The smallest absolute Gasteiger partial charge is 0.325 e. The Labute approximate surface area is 779 Å². The topological polar surface area (TPSA) is 812 Å². The Morgan fingerprint density at radius 1 is 0.191 bits per heavy atom. The molecule has 56 nitrogen and oxygen atoms in total. The number of hydrogen-bond acceptors (Lipinski definition) is 45. The number of methoxy groups -OCH3 is 8. The van der Waals surface area contributed by atoms with E-state index < -0.39 is 209 Å². The molecule has 0 radical (unpaired) electrons. The van der Waals surface area contributed by atoms with Gasteiger partial charge in [0.05, 0.1) is 142 Å². The molecule has 0 rings (SSSR count). The molecular weight excluding hydrogens is 1820 g/mol. The fraction of sp³-hybridized carbons (Fsp3) is 0.600. The number of carbonyl (C=O) groups excluding carboxylic acids is 32. The quantitative estimate of drug-likeness (QED) is 0.0159. The highest BCUT2D eigenvalue weighted by molar-refractivity contribution is 5.98. The molecule has 0 aliphatic heterocycles. The number of carbonyl (C=O) groups is 32. The number of nitrogens with two attached hydrogens (primary N) is 5. The third kappa shape index (κ3) is 67.6. The summed E-state index contributed by atoms with van der Waals surface area (Å²) in [6.45, 7) is -9.04. The molecule has 0 fully saturated rings. The number of ketones is 8. The van der Waals surface area contributed by atoms with Gasteiger partial charge in [0.15, 0.2) is 17.3 Å². The van der Waals surface area contributed by atoms with E-state index in [1.54, 1.807) is 0 Å². The van der Waals surface area contributed by atoms with Crippen LogP contribution < -0.4 is 44.6 Å². The first-order valence-electron chi connectivity index (χ1n) is 40.7. The summed E-state index contributed by atoms with van der Waals surface area (Å²) < 4.78 is 35.6. The highest BCUT2D eigenvalue weighted by Gasteiger charge is 2.29. The van der Waals surface area contributed by atoms with Gasteiger partial charge in [-0.3, -0.25) is 129 Å². The molecule has 0 aromatic heterocycles. The number of rotatable bonds is 67. The van der Waals surface area contributed by atoms with Crippen LogP contribution >= 0.6 is 0 Å². The van der Waals surface area contributed by atoms with Gasteiger partial charge >= 0.3 is 47.8 Å². The van der Waals surface area contributed by atoms with Crippen LogP contribution in [0.1, 0.15) is 103 Å². The summed E-state index contributed by atoms with van der Waals surface area (Å²) in [4.78, 5) is 375.